The molecule has 0 aromatic heterocycles. The number of hydrogen-bond acceptors (Lipinski definition) is 3. The topological polar surface area (TPSA) is 49.6 Å². The Balaban J connectivity index is 1.97. The van der Waals surface area contributed by atoms with Crippen molar-refractivity contribution in [2.45, 2.75) is 24.9 Å². The van der Waals surface area contributed by atoms with Gasteiger partial charge in [0.2, 0.25) is 5.91 Å². The molecule has 0 unspecified atom stereocenters. The number of likely N-dealkylation sites (tertiary alicyclic amines) is 1. The summed E-state index contributed by atoms with van der Waals surface area (Å²) in [6.45, 7) is 2.77. The van der Waals surface area contributed by atoms with Crippen LogP contribution in [-0.4, -0.2) is 48.4 Å². The summed E-state index contributed by atoms with van der Waals surface area (Å²) in [4.78, 5) is 16.1. The number of nitrogens with two attached hydrogens (primary N) is 1. The molecule has 1 aromatic carbocycles. The van der Waals surface area contributed by atoms with Gasteiger partial charge >= 0.3 is 0 Å². The van der Waals surface area contributed by atoms with Crippen molar-refractivity contribution in [3.8, 4) is 0 Å². The average molecular weight is 261 g/mol. The van der Waals surface area contributed by atoms with Gasteiger partial charge < -0.3 is 5.73 Å². The maximum Gasteiger partial charge on any atom is 0.238 e. The molecule has 2 rings (SSSR count). The minimum absolute atomic E-state index is 0.197. The number of rotatable bonds is 4. The molecule has 0 atom stereocenters. The maximum atomic E-state index is 11.7. The third-order valence-corrected chi connectivity index (χ3v) is 4.25. The lowest BCUT2D eigenvalue weighted by Gasteiger charge is -2.43. The molecule has 2 N–H and O–H groups in total. The van der Waals surface area contributed by atoms with Gasteiger partial charge in [-0.3, -0.25) is 14.6 Å². The van der Waals surface area contributed by atoms with E-state index in [1.807, 2.05) is 25.1 Å². The van der Waals surface area contributed by atoms with Gasteiger partial charge in [-0.05, 0) is 32.5 Å². The highest BCUT2D eigenvalue weighted by molar-refractivity contribution is 5.84. The van der Waals surface area contributed by atoms with Crippen LogP contribution < -0.4 is 5.73 Å². The van der Waals surface area contributed by atoms with Gasteiger partial charge in [0.25, 0.3) is 0 Å². The lowest BCUT2D eigenvalue weighted by molar-refractivity contribution is -0.131. The van der Waals surface area contributed by atoms with Gasteiger partial charge in [-0.15, -0.1) is 0 Å². The van der Waals surface area contributed by atoms with Crippen LogP contribution in [0.2, 0.25) is 0 Å². The van der Waals surface area contributed by atoms with Crippen LogP contribution in [0.25, 0.3) is 0 Å². The predicted octanol–water partition coefficient (Wildman–Crippen LogP) is 1.07. The number of amides is 1. The fraction of sp³-hybridized carbons (Fsp3) is 0.533. The van der Waals surface area contributed by atoms with Crippen molar-refractivity contribution in [1.29, 1.82) is 0 Å². The van der Waals surface area contributed by atoms with Crippen LogP contribution in [0.4, 0.5) is 0 Å². The molecule has 0 bridgehead atoms. The lowest BCUT2D eigenvalue weighted by Crippen LogP contribution is -2.59. The van der Waals surface area contributed by atoms with E-state index in [0.29, 0.717) is 0 Å². The van der Waals surface area contributed by atoms with Gasteiger partial charge in [0.05, 0.1) is 0 Å². The van der Waals surface area contributed by atoms with E-state index in [4.69, 9.17) is 5.73 Å². The van der Waals surface area contributed by atoms with Crippen molar-refractivity contribution in [1.82, 2.24) is 9.80 Å². The Morgan fingerprint density at radius 3 is 2.32 bits per heavy atom. The van der Waals surface area contributed by atoms with Crippen molar-refractivity contribution in [3.63, 3.8) is 0 Å². The number of hydrogen-bond donors (Lipinski definition) is 1. The zero-order valence-electron chi connectivity index (χ0n) is 11.8. The van der Waals surface area contributed by atoms with Gasteiger partial charge in [-0.1, -0.05) is 30.3 Å². The Morgan fingerprint density at radius 1 is 1.26 bits per heavy atom. The summed E-state index contributed by atoms with van der Waals surface area (Å²) < 4.78 is 0. The van der Waals surface area contributed by atoms with Crippen LogP contribution in [0.5, 0.6) is 0 Å². The Hall–Kier alpha value is -1.39. The zero-order chi connectivity index (χ0) is 13.9. The van der Waals surface area contributed by atoms with Crippen molar-refractivity contribution in [2.24, 2.45) is 5.73 Å². The fourth-order valence-electron chi connectivity index (χ4n) is 2.84. The second-order valence-electron chi connectivity index (χ2n) is 5.55. The summed E-state index contributed by atoms with van der Waals surface area (Å²) in [6.07, 6.45) is 1.62. The van der Waals surface area contributed by atoms with Gasteiger partial charge in [-0.2, -0.15) is 0 Å². The van der Waals surface area contributed by atoms with E-state index >= 15 is 0 Å². The Bertz CT molecular complexity index is 422. The van der Waals surface area contributed by atoms with Crippen LogP contribution in [0.3, 0.4) is 0 Å². The van der Waals surface area contributed by atoms with E-state index < -0.39 is 5.54 Å². The first-order valence-corrected chi connectivity index (χ1v) is 6.78. The molecule has 0 spiro atoms. The summed E-state index contributed by atoms with van der Waals surface area (Å²) >= 11 is 0. The van der Waals surface area contributed by atoms with Crippen LogP contribution in [0.15, 0.2) is 30.3 Å². The lowest BCUT2D eigenvalue weighted by atomic mass is 9.85. The molecule has 104 valence electrons. The van der Waals surface area contributed by atoms with E-state index in [0.717, 1.165) is 32.5 Å². The van der Waals surface area contributed by atoms with Crippen LogP contribution >= 0.6 is 0 Å². The molecule has 1 aromatic rings. The van der Waals surface area contributed by atoms with E-state index in [-0.39, 0.29) is 5.91 Å². The number of likely N-dealkylation sites (N-methyl/N-ethyl adjacent to an activating group) is 1. The van der Waals surface area contributed by atoms with E-state index in [9.17, 15) is 4.79 Å². The minimum Gasteiger partial charge on any atom is -0.368 e. The highest BCUT2D eigenvalue weighted by Crippen LogP contribution is 2.27. The molecule has 1 aliphatic rings. The third-order valence-electron chi connectivity index (χ3n) is 4.25. The quantitative estimate of drug-likeness (QED) is 0.882. The average Bonchev–Trinajstić information content (AvgIpc) is 2.40. The summed E-state index contributed by atoms with van der Waals surface area (Å²) in [6, 6.07) is 10.4. The monoisotopic (exact) mass is 261 g/mol. The van der Waals surface area contributed by atoms with Gasteiger partial charge in [-0.25, -0.2) is 0 Å². The standard InChI is InChI=1S/C15H23N3O/c1-17(2)15(14(16)19)8-10-18(11-9-15)12-13-6-4-3-5-7-13/h3-7H,8-12H2,1-2H3,(H2,16,19). The summed E-state index contributed by atoms with van der Waals surface area (Å²) in [5.74, 6) is -0.197. The summed E-state index contributed by atoms with van der Waals surface area (Å²) in [7, 11) is 3.88. The Kier molecular flexibility index (Phi) is 4.22. The first-order chi connectivity index (χ1) is 9.04. The number of carbonyl (C=O) groups is 1. The zero-order valence-corrected chi connectivity index (χ0v) is 11.8. The van der Waals surface area contributed by atoms with Crippen LogP contribution in [-0.2, 0) is 11.3 Å². The van der Waals surface area contributed by atoms with Gasteiger partial charge in [0.1, 0.15) is 5.54 Å². The number of benzene rings is 1. The number of primary amides is 1. The van der Waals surface area contributed by atoms with E-state index in [2.05, 4.69) is 29.2 Å². The summed E-state index contributed by atoms with van der Waals surface area (Å²) in [5, 5.41) is 0. The second kappa shape index (κ2) is 5.72. The highest BCUT2D eigenvalue weighted by atomic mass is 16.1. The molecular weight excluding hydrogens is 238 g/mol. The molecule has 0 aliphatic carbocycles. The highest BCUT2D eigenvalue weighted by Gasteiger charge is 2.41. The second-order valence-corrected chi connectivity index (χ2v) is 5.55. The molecule has 19 heavy (non-hydrogen) atoms. The molecule has 0 saturated carbocycles. The molecular formula is C15H23N3O. The fourth-order valence-corrected chi connectivity index (χ4v) is 2.84. The first kappa shape index (κ1) is 14.0. The third kappa shape index (κ3) is 2.96. The van der Waals surface area contributed by atoms with Crippen LogP contribution in [0.1, 0.15) is 18.4 Å². The number of carbonyl (C=O) groups excluding carboxylic acids is 1. The van der Waals surface area contributed by atoms with Crippen molar-refractivity contribution in [3.05, 3.63) is 35.9 Å². The van der Waals surface area contributed by atoms with Crippen molar-refractivity contribution < 1.29 is 4.79 Å². The van der Waals surface area contributed by atoms with Crippen molar-refractivity contribution in [2.75, 3.05) is 27.2 Å². The van der Waals surface area contributed by atoms with E-state index in [1.165, 1.54) is 5.56 Å². The molecule has 4 heteroatoms. The Morgan fingerprint density at radius 2 is 1.84 bits per heavy atom. The van der Waals surface area contributed by atoms with Crippen molar-refractivity contribution >= 4 is 5.91 Å². The number of piperidine rings is 1. The molecule has 1 amide bonds. The minimum atomic E-state index is -0.465. The molecule has 0 radical (unpaired) electrons. The van der Waals surface area contributed by atoms with Gasteiger partial charge in [0.15, 0.2) is 0 Å². The number of nitrogens with zero attached hydrogens (tertiary/aromatic N) is 2. The maximum absolute atomic E-state index is 11.7. The molecule has 1 saturated heterocycles. The summed E-state index contributed by atoms with van der Waals surface area (Å²) in [5.41, 5.74) is 6.46. The smallest absolute Gasteiger partial charge is 0.238 e. The largest absolute Gasteiger partial charge is 0.368 e. The first-order valence-electron chi connectivity index (χ1n) is 6.78. The molecule has 4 nitrogen and oxygen atoms in total. The van der Waals surface area contributed by atoms with E-state index in [1.54, 1.807) is 0 Å². The molecule has 1 fully saturated rings. The molecule has 1 aliphatic heterocycles. The predicted molar refractivity (Wildman–Crippen MR) is 76.6 cm³/mol. The normalized spacial score (nSPS) is 19.5. The Labute approximate surface area is 115 Å². The van der Waals surface area contributed by atoms with Gasteiger partial charge in [0, 0.05) is 19.6 Å². The van der Waals surface area contributed by atoms with Crippen LogP contribution in [0, 0.1) is 0 Å². The SMILES string of the molecule is CN(C)C1(C(N)=O)CCN(Cc2ccccc2)CC1. The molecule has 1 heterocycles.